The van der Waals surface area contributed by atoms with Crippen LogP contribution in [-0.2, 0) is 30.8 Å². The van der Waals surface area contributed by atoms with E-state index in [9.17, 15) is 23.2 Å². The van der Waals surface area contributed by atoms with E-state index in [1.807, 2.05) is 74.7 Å². The van der Waals surface area contributed by atoms with Crippen LogP contribution in [0.3, 0.4) is 0 Å². The van der Waals surface area contributed by atoms with Gasteiger partial charge in [0.15, 0.2) is 5.65 Å². The number of piperidine rings is 1. The highest BCUT2D eigenvalue weighted by Gasteiger charge is 2.33. The molecule has 3 aromatic carbocycles. The van der Waals surface area contributed by atoms with Crippen molar-refractivity contribution in [3.8, 4) is 5.69 Å². The van der Waals surface area contributed by atoms with Crippen LogP contribution in [0.5, 0.6) is 0 Å². The van der Waals surface area contributed by atoms with Gasteiger partial charge in [0.05, 0.1) is 30.5 Å². The Morgan fingerprint density at radius 2 is 1.71 bits per heavy atom. The minimum absolute atomic E-state index is 0.127. The molecule has 4 aromatic heterocycles. The van der Waals surface area contributed by atoms with Crippen LogP contribution in [0.2, 0.25) is 0 Å². The summed E-state index contributed by atoms with van der Waals surface area (Å²) in [5, 5.41) is 4.26. The highest BCUT2D eigenvalue weighted by atomic mass is 19.1. The molecule has 1 fully saturated rings. The maximum Gasteiger partial charge on any atom is 0.410 e. The highest BCUT2D eigenvalue weighted by molar-refractivity contribution is 5.95. The van der Waals surface area contributed by atoms with Crippen molar-refractivity contribution in [2.75, 3.05) is 25.0 Å². The minimum atomic E-state index is -0.672. The van der Waals surface area contributed by atoms with Crippen molar-refractivity contribution >= 4 is 40.1 Å². The number of imidazole rings is 1. The quantitative estimate of drug-likeness (QED) is 0.163. The van der Waals surface area contributed by atoms with E-state index in [1.165, 1.54) is 12.1 Å². The molecule has 0 unspecified atom stereocenters. The van der Waals surface area contributed by atoms with E-state index in [1.54, 1.807) is 49.4 Å². The van der Waals surface area contributed by atoms with Crippen LogP contribution in [-0.4, -0.2) is 75.7 Å². The van der Waals surface area contributed by atoms with Gasteiger partial charge in [-0.1, -0.05) is 36.4 Å². The fourth-order valence-electron chi connectivity index (χ4n) is 8.72. The minimum Gasteiger partial charge on any atom is -0.444 e. The van der Waals surface area contributed by atoms with E-state index in [-0.39, 0.29) is 37.3 Å². The summed E-state index contributed by atoms with van der Waals surface area (Å²) in [4.78, 5) is 59.9. The van der Waals surface area contributed by atoms with Gasteiger partial charge in [-0.15, -0.1) is 0 Å². The summed E-state index contributed by atoms with van der Waals surface area (Å²) in [6, 6.07) is 23.8. The Hall–Kier alpha value is -6.90. The number of hydrogen-bond donors (Lipinski definition) is 1. The number of likely N-dealkylation sites (tertiary alicyclic amines) is 1. The van der Waals surface area contributed by atoms with Crippen LogP contribution < -0.4 is 11.0 Å². The number of carbonyl (C=O) groups excluding carboxylic acids is 2. The van der Waals surface area contributed by atoms with E-state index < -0.39 is 23.3 Å². The first-order valence-corrected chi connectivity index (χ1v) is 20.9. The number of pyridine rings is 1. The molecule has 2 aliphatic heterocycles. The average Bonchev–Trinajstić information content (AvgIpc) is 3.74. The lowest BCUT2D eigenvalue weighted by Gasteiger charge is -2.34. The highest BCUT2D eigenvalue weighted by Crippen LogP contribution is 2.33. The van der Waals surface area contributed by atoms with Crippen LogP contribution in [0.1, 0.15) is 78.1 Å². The van der Waals surface area contributed by atoms with Gasteiger partial charge in [0.1, 0.15) is 28.4 Å². The monoisotopic (exact) mass is 839 g/mol. The molecule has 62 heavy (non-hydrogen) atoms. The van der Waals surface area contributed by atoms with Gasteiger partial charge >= 0.3 is 11.8 Å². The van der Waals surface area contributed by atoms with Crippen molar-refractivity contribution in [1.82, 2.24) is 38.5 Å². The molecule has 7 aromatic rings. The summed E-state index contributed by atoms with van der Waals surface area (Å²) >= 11 is 0. The Labute approximate surface area is 356 Å². The molecule has 0 aliphatic carbocycles. The van der Waals surface area contributed by atoms with E-state index >= 15 is 0 Å². The molecule has 318 valence electrons. The summed E-state index contributed by atoms with van der Waals surface area (Å²) in [6.07, 6.45) is 3.14. The second-order valence-electron chi connectivity index (χ2n) is 17.0. The van der Waals surface area contributed by atoms with Crippen molar-refractivity contribution in [2.24, 2.45) is 0 Å². The summed E-state index contributed by atoms with van der Waals surface area (Å²) in [5.74, 6) is -1.13. The number of fused-ring (bicyclic) bond motifs is 4. The molecule has 13 nitrogen and oxygen atoms in total. The molecule has 9 rings (SSSR count). The molecule has 15 heteroatoms. The second kappa shape index (κ2) is 16.2. The standard InChI is InChI=1S/C47H47F2N9O4/c1-29-40-42(53-44(52-29)51-25-30-10-6-5-7-11-30)58(35-12-9-22-55(27-35)46(61)62-47(2,3)4)45(60)57(40)34-18-15-31(16-19-34)43(59)54-23-20-36-37-13-8-21-50-41(37)56(39(36)28-54)26-32-14-17-33(48)24-38(32)49/h5-8,10-11,13-19,21,24,35H,9,12,20,22-23,25-28H2,1-4H3,(H,51,52,53)/t35-/m1/s1. The fourth-order valence-corrected chi connectivity index (χ4v) is 8.72. The number of amides is 2. The van der Waals surface area contributed by atoms with Crippen molar-refractivity contribution in [3.63, 3.8) is 0 Å². The van der Waals surface area contributed by atoms with E-state index in [0.717, 1.165) is 28.3 Å². The topological polar surface area (TPSA) is 132 Å². The van der Waals surface area contributed by atoms with Gasteiger partial charge in [0.25, 0.3) is 5.91 Å². The van der Waals surface area contributed by atoms with Crippen LogP contribution in [0.4, 0.5) is 19.5 Å². The third-order valence-electron chi connectivity index (χ3n) is 11.6. The molecule has 1 atom stereocenters. The number of carbonyl (C=O) groups is 2. The maximum atomic E-state index is 14.9. The predicted octanol–water partition coefficient (Wildman–Crippen LogP) is 7.95. The van der Waals surface area contributed by atoms with Gasteiger partial charge in [-0.3, -0.25) is 13.9 Å². The third-order valence-corrected chi connectivity index (χ3v) is 11.6. The summed E-state index contributed by atoms with van der Waals surface area (Å²) < 4.78 is 39.6. The van der Waals surface area contributed by atoms with Crippen molar-refractivity contribution < 1.29 is 23.1 Å². The molecule has 0 saturated carbocycles. The van der Waals surface area contributed by atoms with Gasteiger partial charge in [0, 0.05) is 60.6 Å². The first-order valence-electron chi connectivity index (χ1n) is 20.9. The van der Waals surface area contributed by atoms with Crippen LogP contribution in [0.15, 0.2) is 95.9 Å². The number of benzene rings is 3. The number of halogens is 2. The number of ether oxygens (including phenoxy) is 1. The first-order chi connectivity index (χ1) is 29.8. The van der Waals surface area contributed by atoms with E-state index in [2.05, 4.69) is 10.3 Å². The largest absolute Gasteiger partial charge is 0.444 e. The Balaban J connectivity index is 1.04. The first kappa shape index (κ1) is 40.5. The molecule has 0 bridgehead atoms. The van der Waals surface area contributed by atoms with Gasteiger partial charge in [-0.05, 0) is 101 Å². The zero-order valence-electron chi connectivity index (χ0n) is 35.1. The van der Waals surface area contributed by atoms with Crippen LogP contribution in [0.25, 0.3) is 27.9 Å². The average molecular weight is 840 g/mol. The normalized spacial score (nSPS) is 15.5. The Bertz CT molecular complexity index is 2900. The molecule has 2 amide bonds. The van der Waals surface area contributed by atoms with Gasteiger partial charge in [-0.25, -0.2) is 28.3 Å². The molecule has 1 N–H and O–H groups in total. The Kier molecular flexibility index (Phi) is 10.6. The van der Waals surface area contributed by atoms with Crippen molar-refractivity contribution in [1.29, 1.82) is 0 Å². The van der Waals surface area contributed by atoms with Gasteiger partial charge < -0.3 is 24.4 Å². The third kappa shape index (κ3) is 7.78. The molecule has 6 heterocycles. The lowest BCUT2D eigenvalue weighted by Crippen LogP contribution is -2.45. The fraction of sp³-hybridized carbons (Fsp3) is 0.319. The van der Waals surface area contributed by atoms with Crippen molar-refractivity contribution in [3.05, 3.63) is 147 Å². The Morgan fingerprint density at radius 3 is 2.47 bits per heavy atom. The molecule has 0 radical (unpaired) electrons. The molecule has 1 saturated heterocycles. The van der Waals surface area contributed by atoms with Gasteiger partial charge in [-0.2, -0.15) is 4.98 Å². The smallest absolute Gasteiger partial charge is 0.410 e. The lowest BCUT2D eigenvalue weighted by atomic mass is 10.0. The zero-order valence-corrected chi connectivity index (χ0v) is 35.1. The molecular formula is C47H47F2N9O4. The number of nitrogens with one attached hydrogen (secondary N) is 1. The number of rotatable bonds is 8. The predicted molar refractivity (Wildman–Crippen MR) is 231 cm³/mol. The number of anilines is 1. The number of nitrogens with zero attached hydrogens (tertiary/aromatic N) is 8. The van der Waals surface area contributed by atoms with Gasteiger partial charge in [0.2, 0.25) is 5.95 Å². The van der Waals surface area contributed by atoms with E-state index in [4.69, 9.17) is 14.7 Å². The van der Waals surface area contributed by atoms with E-state index in [0.29, 0.717) is 84.2 Å². The molecule has 0 spiro atoms. The maximum absolute atomic E-state index is 14.9. The molecular weight excluding hydrogens is 793 g/mol. The SMILES string of the molecule is Cc1nc(NCc2ccccc2)nc2c1n(-c1ccc(C(=O)N3CCc4c(n(Cc5ccc(F)cc5F)c5ncccc45)C3)cc1)c(=O)n2[C@@H]1CCCN(C(=O)OC(C)(C)C)C1. The number of aryl methyl sites for hydroxylation is 1. The Morgan fingerprint density at radius 1 is 0.919 bits per heavy atom. The number of hydrogen-bond acceptors (Lipinski definition) is 8. The molecule has 2 aliphatic rings. The summed E-state index contributed by atoms with van der Waals surface area (Å²) in [6.45, 7) is 9.43. The number of aromatic nitrogens is 6. The second-order valence-corrected chi connectivity index (χ2v) is 17.0. The summed E-state index contributed by atoms with van der Waals surface area (Å²) in [7, 11) is 0. The summed E-state index contributed by atoms with van der Waals surface area (Å²) in [5.41, 5.74) is 5.42. The zero-order chi connectivity index (χ0) is 43.3. The lowest BCUT2D eigenvalue weighted by molar-refractivity contribution is 0.0172. The van der Waals surface area contributed by atoms with Crippen molar-refractivity contribution in [2.45, 2.75) is 78.2 Å². The van der Waals surface area contributed by atoms with Crippen LogP contribution >= 0.6 is 0 Å². The van der Waals surface area contributed by atoms with Crippen LogP contribution in [0, 0.1) is 18.6 Å².